The van der Waals surface area contributed by atoms with E-state index in [2.05, 4.69) is 15.9 Å². The standard InChI is InChI=1S/C17H15BrClNO4/c1-11(21)9-20(14-4-2-3-12(7-14)17(22)23)10-24-16-6-5-13(19)8-15(16)18/h2-8H,9-10H2,1H3,(H,22,23). The Labute approximate surface area is 152 Å². The van der Waals surface area contributed by atoms with E-state index in [1.54, 1.807) is 35.2 Å². The third-order valence-corrected chi connectivity index (χ3v) is 4.00. The van der Waals surface area contributed by atoms with Crippen LogP contribution in [0.15, 0.2) is 46.9 Å². The highest BCUT2D eigenvalue weighted by molar-refractivity contribution is 9.10. The molecule has 5 nitrogen and oxygen atoms in total. The van der Waals surface area contributed by atoms with Crippen molar-refractivity contribution in [2.45, 2.75) is 6.92 Å². The maximum Gasteiger partial charge on any atom is 0.335 e. The highest BCUT2D eigenvalue weighted by Crippen LogP contribution is 2.28. The number of hydrogen-bond donors (Lipinski definition) is 1. The zero-order chi connectivity index (χ0) is 17.7. The van der Waals surface area contributed by atoms with E-state index in [0.29, 0.717) is 20.9 Å². The Morgan fingerprint density at radius 3 is 2.62 bits per heavy atom. The summed E-state index contributed by atoms with van der Waals surface area (Å²) in [4.78, 5) is 24.3. The molecule has 0 saturated carbocycles. The van der Waals surface area contributed by atoms with Crippen LogP contribution in [0.2, 0.25) is 5.02 Å². The zero-order valence-corrected chi connectivity index (χ0v) is 15.2. The summed E-state index contributed by atoms with van der Waals surface area (Å²) in [6, 6.07) is 11.5. The number of benzene rings is 2. The van der Waals surface area contributed by atoms with Gasteiger partial charge in [-0.15, -0.1) is 0 Å². The average molecular weight is 413 g/mol. The van der Waals surface area contributed by atoms with E-state index in [9.17, 15) is 9.59 Å². The molecule has 0 saturated heterocycles. The van der Waals surface area contributed by atoms with Gasteiger partial charge < -0.3 is 14.7 Å². The summed E-state index contributed by atoms with van der Waals surface area (Å²) >= 11 is 9.26. The minimum atomic E-state index is -1.03. The van der Waals surface area contributed by atoms with Crippen LogP contribution in [0.1, 0.15) is 17.3 Å². The number of nitrogens with zero attached hydrogens (tertiary/aromatic N) is 1. The van der Waals surface area contributed by atoms with E-state index in [-0.39, 0.29) is 24.6 Å². The van der Waals surface area contributed by atoms with Gasteiger partial charge in [0.15, 0.2) is 6.73 Å². The number of aromatic carboxylic acids is 1. The lowest BCUT2D eigenvalue weighted by Crippen LogP contribution is -2.32. The predicted molar refractivity (Wildman–Crippen MR) is 96.1 cm³/mol. The highest BCUT2D eigenvalue weighted by atomic mass is 79.9. The lowest BCUT2D eigenvalue weighted by Gasteiger charge is -2.24. The second-order valence-corrected chi connectivity index (χ2v) is 6.39. The van der Waals surface area contributed by atoms with Crippen molar-refractivity contribution in [2.75, 3.05) is 18.2 Å². The first-order valence-corrected chi connectivity index (χ1v) is 8.19. The highest BCUT2D eigenvalue weighted by Gasteiger charge is 2.13. The summed E-state index contributed by atoms with van der Waals surface area (Å²) in [6.07, 6.45) is 0. The molecule has 0 aliphatic carbocycles. The van der Waals surface area contributed by atoms with E-state index in [4.69, 9.17) is 21.4 Å². The summed E-state index contributed by atoms with van der Waals surface area (Å²) in [5, 5.41) is 9.68. The molecule has 2 aromatic rings. The molecule has 2 rings (SSSR count). The minimum absolute atomic E-state index is 0.0606. The van der Waals surface area contributed by atoms with Crippen LogP contribution in [0.4, 0.5) is 5.69 Å². The summed E-state index contributed by atoms with van der Waals surface area (Å²) in [5.41, 5.74) is 0.740. The third-order valence-electron chi connectivity index (χ3n) is 3.14. The van der Waals surface area contributed by atoms with Gasteiger partial charge in [0.05, 0.1) is 16.6 Å². The molecule has 0 heterocycles. The number of carbonyl (C=O) groups is 2. The first-order valence-electron chi connectivity index (χ1n) is 7.02. The number of carboxylic acid groups (broad SMARTS) is 1. The second kappa shape index (κ2) is 8.17. The lowest BCUT2D eigenvalue weighted by molar-refractivity contribution is -0.115. The number of halogens is 2. The fourth-order valence-electron chi connectivity index (χ4n) is 2.06. The monoisotopic (exact) mass is 411 g/mol. The van der Waals surface area contributed by atoms with Gasteiger partial charge in [0, 0.05) is 10.7 Å². The normalized spacial score (nSPS) is 10.3. The van der Waals surface area contributed by atoms with Crippen LogP contribution >= 0.6 is 27.5 Å². The van der Waals surface area contributed by atoms with Crippen molar-refractivity contribution >= 4 is 45.0 Å². The molecule has 0 aromatic heterocycles. The molecule has 0 unspecified atom stereocenters. The smallest absolute Gasteiger partial charge is 0.335 e. The van der Waals surface area contributed by atoms with Crippen molar-refractivity contribution in [3.05, 3.63) is 57.5 Å². The van der Waals surface area contributed by atoms with Crippen molar-refractivity contribution < 1.29 is 19.4 Å². The number of anilines is 1. The van der Waals surface area contributed by atoms with Crippen LogP contribution in [0.3, 0.4) is 0 Å². The van der Waals surface area contributed by atoms with E-state index in [1.165, 1.54) is 19.1 Å². The molecule has 0 amide bonds. The van der Waals surface area contributed by atoms with Crippen LogP contribution in [0.5, 0.6) is 5.75 Å². The molecule has 0 atom stereocenters. The number of carboxylic acids is 1. The van der Waals surface area contributed by atoms with E-state index in [1.807, 2.05) is 0 Å². The van der Waals surface area contributed by atoms with E-state index >= 15 is 0 Å². The number of hydrogen-bond acceptors (Lipinski definition) is 4. The molecule has 0 bridgehead atoms. The maximum atomic E-state index is 11.5. The zero-order valence-electron chi connectivity index (χ0n) is 12.8. The molecule has 1 N–H and O–H groups in total. The first kappa shape index (κ1) is 18.3. The van der Waals surface area contributed by atoms with Gasteiger partial charge in [-0.25, -0.2) is 4.79 Å². The summed E-state index contributed by atoms with van der Waals surface area (Å²) in [7, 11) is 0. The largest absolute Gasteiger partial charge is 0.478 e. The number of Topliss-reactive ketones (excluding diaryl/α,β-unsaturated/α-hetero) is 1. The molecule has 0 radical (unpaired) electrons. The number of rotatable bonds is 7. The molecule has 7 heteroatoms. The Balaban J connectivity index is 2.20. The first-order chi connectivity index (χ1) is 11.4. The number of carbonyl (C=O) groups excluding carboxylic acids is 1. The van der Waals surface area contributed by atoms with E-state index in [0.717, 1.165) is 0 Å². The van der Waals surface area contributed by atoms with Crippen molar-refractivity contribution in [1.29, 1.82) is 0 Å². The molecule has 0 spiro atoms. The van der Waals surface area contributed by atoms with Gasteiger partial charge in [0.25, 0.3) is 0 Å². The van der Waals surface area contributed by atoms with E-state index < -0.39 is 5.97 Å². The topological polar surface area (TPSA) is 66.8 Å². The van der Waals surface area contributed by atoms with Crippen molar-refractivity contribution in [1.82, 2.24) is 0 Å². The van der Waals surface area contributed by atoms with Gasteiger partial charge in [0.1, 0.15) is 11.5 Å². The summed E-state index contributed by atoms with van der Waals surface area (Å²) in [5.74, 6) is -0.516. The Morgan fingerprint density at radius 1 is 1.25 bits per heavy atom. The van der Waals surface area contributed by atoms with Crippen molar-refractivity contribution in [3.8, 4) is 5.75 Å². The van der Waals surface area contributed by atoms with Gasteiger partial charge in [-0.2, -0.15) is 0 Å². The summed E-state index contributed by atoms with van der Waals surface area (Å²) in [6.45, 7) is 1.66. The second-order valence-electron chi connectivity index (χ2n) is 5.10. The van der Waals surface area contributed by atoms with Crippen LogP contribution < -0.4 is 9.64 Å². The molecule has 24 heavy (non-hydrogen) atoms. The molecule has 126 valence electrons. The van der Waals surface area contributed by atoms with Gasteiger partial charge in [-0.05, 0) is 59.3 Å². The molecular formula is C17H15BrClNO4. The quantitative estimate of drug-likeness (QED) is 0.689. The van der Waals surface area contributed by atoms with Crippen molar-refractivity contribution in [2.24, 2.45) is 0 Å². The Kier molecular flexibility index (Phi) is 6.23. The SMILES string of the molecule is CC(=O)CN(COc1ccc(Cl)cc1Br)c1cccc(C(=O)O)c1. The Morgan fingerprint density at radius 2 is 2.00 bits per heavy atom. The third kappa shape index (κ3) is 4.97. The fraction of sp³-hybridized carbons (Fsp3) is 0.176. The van der Waals surface area contributed by atoms with Crippen LogP contribution in [0.25, 0.3) is 0 Å². The molecule has 0 aliphatic rings. The van der Waals surface area contributed by atoms with Gasteiger partial charge >= 0.3 is 5.97 Å². The van der Waals surface area contributed by atoms with Crippen LogP contribution in [0, 0.1) is 0 Å². The van der Waals surface area contributed by atoms with Crippen molar-refractivity contribution in [3.63, 3.8) is 0 Å². The van der Waals surface area contributed by atoms with Crippen LogP contribution in [-0.4, -0.2) is 30.1 Å². The Hall–Kier alpha value is -2.05. The average Bonchev–Trinajstić information content (AvgIpc) is 2.52. The number of ketones is 1. The van der Waals surface area contributed by atoms with Crippen LogP contribution in [-0.2, 0) is 4.79 Å². The molecule has 2 aromatic carbocycles. The van der Waals surface area contributed by atoms with Gasteiger partial charge in [-0.1, -0.05) is 17.7 Å². The number of ether oxygens (including phenoxy) is 1. The van der Waals surface area contributed by atoms with Gasteiger partial charge in [0.2, 0.25) is 0 Å². The summed E-state index contributed by atoms with van der Waals surface area (Å²) < 4.78 is 6.42. The molecule has 0 aliphatic heterocycles. The maximum absolute atomic E-state index is 11.5. The van der Waals surface area contributed by atoms with Gasteiger partial charge in [-0.3, -0.25) is 4.79 Å². The molecular weight excluding hydrogens is 398 g/mol. The molecule has 0 fully saturated rings. The lowest BCUT2D eigenvalue weighted by atomic mass is 10.2. The fourth-order valence-corrected chi connectivity index (χ4v) is 2.85. The Bertz CT molecular complexity index is 766. The predicted octanol–water partition coefficient (Wildman–Crippen LogP) is 4.23. The minimum Gasteiger partial charge on any atom is -0.478 e.